The Labute approximate surface area is 347 Å². The van der Waals surface area contributed by atoms with Gasteiger partial charge in [0.1, 0.15) is 54.8 Å². The fourth-order valence-corrected chi connectivity index (χ4v) is 6.45. The van der Waals surface area contributed by atoms with Crippen molar-refractivity contribution in [2.45, 2.75) is 123 Å². The zero-order chi connectivity index (χ0) is 43.1. The van der Waals surface area contributed by atoms with E-state index in [-0.39, 0.29) is 31.9 Å². The molecule has 0 radical (unpaired) electrons. The summed E-state index contributed by atoms with van der Waals surface area (Å²) in [6.45, 7) is 12.6. The number of ether oxygens (including phenoxy) is 3. The number of nitrogens with zero attached hydrogens (tertiary/aromatic N) is 1. The third-order valence-electron chi connectivity index (χ3n) is 9.47. The van der Waals surface area contributed by atoms with Gasteiger partial charge >= 0.3 is 12.1 Å². The first-order valence-electron chi connectivity index (χ1n) is 20.2. The second kappa shape index (κ2) is 21.7. The summed E-state index contributed by atoms with van der Waals surface area (Å²) >= 11 is 0. The number of amides is 5. The second-order valence-corrected chi connectivity index (χ2v) is 16.3. The Morgan fingerprint density at radius 1 is 0.695 bits per heavy atom. The molecule has 0 spiro atoms. The fraction of sp³-hybridized carbons (Fsp3) is 0.467. The summed E-state index contributed by atoms with van der Waals surface area (Å²) in [7, 11) is 0. The number of nitrogens with one attached hydrogen (secondary N) is 4. The molecular weight excluding hydrogens is 755 g/mol. The molecule has 1 saturated heterocycles. The summed E-state index contributed by atoms with van der Waals surface area (Å²) in [4.78, 5) is 81.6. The Kier molecular flexibility index (Phi) is 16.9. The van der Waals surface area contributed by atoms with Gasteiger partial charge in [-0.2, -0.15) is 0 Å². The highest BCUT2D eigenvalue weighted by molar-refractivity contribution is 5.96. The lowest BCUT2D eigenvalue weighted by atomic mass is 10.0. The molecule has 14 nitrogen and oxygen atoms in total. The molecule has 59 heavy (non-hydrogen) atoms. The van der Waals surface area contributed by atoms with Gasteiger partial charge in [-0.1, -0.05) is 86.6 Å². The molecule has 1 aliphatic heterocycles. The second-order valence-electron chi connectivity index (χ2n) is 16.3. The average molecular weight is 814 g/mol. The van der Waals surface area contributed by atoms with Crippen molar-refractivity contribution in [3.05, 3.63) is 102 Å². The summed E-state index contributed by atoms with van der Waals surface area (Å²) in [5.74, 6) is -2.19. The highest BCUT2D eigenvalue weighted by atomic mass is 16.6. The number of hydrogen-bond donors (Lipinski definition) is 4. The first-order chi connectivity index (χ1) is 28.0. The van der Waals surface area contributed by atoms with Crippen LogP contribution in [0.25, 0.3) is 0 Å². The van der Waals surface area contributed by atoms with Crippen LogP contribution in [0.5, 0.6) is 5.75 Å². The highest BCUT2D eigenvalue weighted by Gasteiger charge is 2.39. The molecule has 4 rings (SSSR count). The van der Waals surface area contributed by atoms with Crippen LogP contribution in [0.1, 0.15) is 84.4 Å². The molecule has 1 aliphatic rings. The van der Waals surface area contributed by atoms with Gasteiger partial charge in [0, 0.05) is 13.0 Å². The molecule has 5 atom stereocenters. The van der Waals surface area contributed by atoms with E-state index in [4.69, 9.17) is 14.2 Å². The van der Waals surface area contributed by atoms with Crippen molar-refractivity contribution in [3.63, 3.8) is 0 Å². The van der Waals surface area contributed by atoms with Crippen molar-refractivity contribution in [2.75, 3.05) is 6.54 Å². The zero-order valence-electron chi connectivity index (χ0n) is 35.1. The summed E-state index contributed by atoms with van der Waals surface area (Å²) in [6.07, 6.45) is 0.477. The molecule has 3 aromatic carbocycles. The fourth-order valence-electron chi connectivity index (χ4n) is 6.45. The molecule has 1 heterocycles. The van der Waals surface area contributed by atoms with Crippen LogP contribution in [0.4, 0.5) is 4.79 Å². The zero-order valence-corrected chi connectivity index (χ0v) is 35.1. The van der Waals surface area contributed by atoms with E-state index in [9.17, 15) is 28.8 Å². The largest absolute Gasteiger partial charge is 0.489 e. The van der Waals surface area contributed by atoms with Crippen molar-refractivity contribution in [1.29, 1.82) is 0 Å². The molecular formula is C45H59N5O9. The molecule has 14 heteroatoms. The third-order valence-corrected chi connectivity index (χ3v) is 9.47. The lowest BCUT2D eigenvalue weighted by molar-refractivity contribution is -0.148. The van der Waals surface area contributed by atoms with E-state index in [1.165, 1.54) is 18.7 Å². The molecule has 0 aromatic heterocycles. The van der Waals surface area contributed by atoms with Crippen molar-refractivity contribution in [2.24, 2.45) is 5.92 Å². The van der Waals surface area contributed by atoms with E-state index in [0.29, 0.717) is 25.2 Å². The first-order valence-corrected chi connectivity index (χ1v) is 20.2. The average Bonchev–Trinajstić information content (AvgIpc) is 3.69. The van der Waals surface area contributed by atoms with E-state index in [2.05, 4.69) is 21.3 Å². The maximum Gasteiger partial charge on any atom is 0.408 e. The van der Waals surface area contributed by atoms with Crippen molar-refractivity contribution < 1.29 is 43.0 Å². The van der Waals surface area contributed by atoms with E-state index in [1.54, 1.807) is 32.9 Å². The molecule has 0 saturated carbocycles. The number of likely N-dealkylation sites (tertiary alicyclic amines) is 1. The monoisotopic (exact) mass is 813 g/mol. The van der Waals surface area contributed by atoms with Gasteiger partial charge in [-0.25, -0.2) is 9.59 Å². The number of esters is 1. The number of carbonyl (C=O) groups is 6. The van der Waals surface area contributed by atoms with E-state index < -0.39 is 71.5 Å². The first kappa shape index (κ1) is 45.8. The quantitative estimate of drug-likeness (QED) is 0.129. The molecule has 5 amide bonds. The van der Waals surface area contributed by atoms with E-state index >= 15 is 0 Å². The van der Waals surface area contributed by atoms with Crippen LogP contribution in [0.3, 0.4) is 0 Å². The normalized spacial score (nSPS) is 15.9. The van der Waals surface area contributed by atoms with Gasteiger partial charge in [-0.15, -0.1) is 0 Å². The Morgan fingerprint density at radius 2 is 1.31 bits per heavy atom. The van der Waals surface area contributed by atoms with E-state index in [0.717, 1.165) is 16.7 Å². The molecule has 0 unspecified atom stereocenters. The van der Waals surface area contributed by atoms with Crippen LogP contribution < -0.4 is 26.0 Å². The minimum Gasteiger partial charge on any atom is -0.489 e. The van der Waals surface area contributed by atoms with Gasteiger partial charge in [-0.05, 0) is 88.6 Å². The Hall–Kier alpha value is -5.92. The van der Waals surface area contributed by atoms with Gasteiger partial charge in [0.05, 0.1) is 0 Å². The van der Waals surface area contributed by atoms with Crippen LogP contribution in [0, 0.1) is 5.92 Å². The summed E-state index contributed by atoms with van der Waals surface area (Å²) in [5, 5.41) is 10.8. The topological polar surface area (TPSA) is 181 Å². The lowest BCUT2D eigenvalue weighted by Gasteiger charge is -2.30. The number of carbonyl (C=O) groups excluding carboxylic acids is 6. The van der Waals surface area contributed by atoms with Crippen LogP contribution in [0.2, 0.25) is 0 Å². The molecule has 0 bridgehead atoms. The molecule has 3 aromatic rings. The minimum absolute atomic E-state index is 0.00230. The Balaban J connectivity index is 1.38. The summed E-state index contributed by atoms with van der Waals surface area (Å²) in [6, 6.07) is 21.1. The number of benzene rings is 3. The number of hydrogen-bond acceptors (Lipinski definition) is 9. The smallest absolute Gasteiger partial charge is 0.408 e. The van der Waals surface area contributed by atoms with Crippen molar-refractivity contribution in [3.8, 4) is 5.75 Å². The summed E-state index contributed by atoms with van der Waals surface area (Å²) in [5.41, 5.74) is 1.75. The Bertz CT molecular complexity index is 1870. The predicted molar refractivity (Wildman–Crippen MR) is 222 cm³/mol. The maximum atomic E-state index is 14.2. The van der Waals surface area contributed by atoms with Gasteiger partial charge in [-0.3, -0.25) is 19.2 Å². The van der Waals surface area contributed by atoms with Gasteiger partial charge in [0.15, 0.2) is 0 Å². The van der Waals surface area contributed by atoms with Crippen molar-refractivity contribution >= 4 is 35.7 Å². The highest BCUT2D eigenvalue weighted by Crippen LogP contribution is 2.22. The standard InChI is InChI=1S/C45H59N5O9/c1-29(2)25-36(40(52)47-31(4)43(55)58-28-34-17-12-9-13-18-34)48-39(51)30(3)46-41(53)38-19-14-24-50(38)42(54)37(49-44(56)59-45(5,6)7)26-32-20-22-35(23-21-32)57-27-33-15-10-8-11-16-33/h8-13,15-18,20-23,29-31,36-38H,14,19,24-28H2,1-7H3,(H,46,53)(H,47,52)(H,48,51)(H,49,56)/t30-,31-,36+,37-,38+/m1/s1. The minimum atomic E-state index is -1.07. The molecule has 4 N–H and O–H groups in total. The van der Waals surface area contributed by atoms with Crippen LogP contribution in [-0.2, 0) is 53.1 Å². The molecule has 1 fully saturated rings. The van der Waals surface area contributed by atoms with Gasteiger partial charge < -0.3 is 40.4 Å². The van der Waals surface area contributed by atoms with Crippen LogP contribution in [0.15, 0.2) is 84.9 Å². The third kappa shape index (κ3) is 15.1. The SMILES string of the molecule is CC(C)C[C@H](NC(=O)[C@@H](C)NC(=O)[C@@H]1CCCN1C(=O)[C@@H](Cc1ccc(OCc2ccccc2)cc1)NC(=O)OC(C)(C)C)C(=O)N[C@H](C)C(=O)OCc1ccccc1. The Morgan fingerprint density at radius 3 is 1.90 bits per heavy atom. The van der Waals surface area contributed by atoms with E-state index in [1.807, 2.05) is 86.6 Å². The molecule has 0 aliphatic carbocycles. The number of alkyl carbamates (subject to hydrolysis) is 1. The van der Waals surface area contributed by atoms with Gasteiger partial charge in [0.25, 0.3) is 0 Å². The summed E-state index contributed by atoms with van der Waals surface area (Å²) < 4.78 is 16.7. The van der Waals surface area contributed by atoms with Gasteiger partial charge in [0.2, 0.25) is 23.6 Å². The van der Waals surface area contributed by atoms with Crippen LogP contribution in [-0.4, -0.2) is 82.9 Å². The maximum absolute atomic E-state index is 14.2. The van der Waals surface area contributed by atoms with Crippen LogP contribution >= 0.6 is 0 Å². The molecule has 318 valence electrons. The van der Waals surface area contributed by atoms with Crippen molar-refractivity contribution in [1.82, 2.24) is 26.2 Å². The predicted octanol–water partition coefficient (Wildman–Crippen LogP) is 4.98. The lowest BCUT2D eigenvalue weighted by Crippen LogP contribution is -2.58. The number of rotatable bonds is 18.